The van der Waals surface area contributed by atoms with E-state index in [1.807, 2.05) is 25.1 Å². The third-order valence-corrected chi connectivity index (χ3v) is 5.39. The number of piperazine rings is 1. The zero-order chi connectivity index (χ0) is 19.1. The number of amides is 3. The molecule has 1 aromatic rings. The third-order valence-electron chi connectivity index (χ3n) is 5.39. The molecule has 0 radical (unpaired) electrons. The van der Waals surface area contributed by atoms with Crippen molar-refractivity contribution in [2.45, 2.75) is 39.3 Å². The lowest BCUT2D eigenvalue weighted by molar-refractivity contribution is -0.133. The maximum absolute atomic E-state index is 13.4. The second kappa shape index (κ2) is 6.72. The van der Waals surface area contributed by atoms with Gasteiger partial charge in [-0.1, -0.05) is 12.1 Å². The molecule has 0 unspecified atom stereocenters. The standard InChI is InChI=1S/C19H26N4O3/c1-13(21-9-11-22(12-10-21)14(2)24)17(25)23-16-8-6-5-7-15(16)20-18(26)19(23,3)4/h5-8,13H,9-12H2,1-4H3,(H,20,26)/t13-/m1/s1. The van der Waals surface area contributed by atoms with E-state index in [4.69, 9.17) is 0 Å². The molecule has 1 aromatic carbocycles. The number of fused-ring (bicyclic) bond motifs is 1. The quantitative estimate of drug-likeness (QED) is 0.865. The number of carbonyl (C=O) groups is 3. The Morgan fingerprint density at radius 3 is 2.35 bits per heavy atom. The fourth-order valence-electron chi connectivity index (χ4n) is 3.61. The van der Waals surface area contributed by atoms with Crippen LogP contribution in [0, 0.1) is 0 Å². The Bertz CT molecular complexity index is 738. The van der Waals surface area contributed by atoms with Crippen molar-refractivity contribution in [3.8, 4) is 0 Å². The van der Waals surface area contributed by atoms with E-state index in [9.17, 15) is 14.4 Å². The molecule has 0 spiro atoms. The lowest BCUT2D eigenvalue weighted by Crippen LogP contribution is -2.63. The minimum absolute atomic E-state index is 0.0615. The van der Waals surface area contributed by atoms with Crippen molar-refractivity contribution in [3.63, 3.8) is 0 Å². The molecule has 0 saturated carbocycles. The predicted octanol–water partition coefficient (Wildman–Crippen LogP) is 1.30. The number of carbonyl (C=O) groups excluding carboxylic acids is 3. The number of hydrogen-bond donors (Lipinski definition) is 1. The van der Waals surface area contributed by atoms with Crippen LogP contribution in [0.1, 0.15) is 27.7 Å². The van der Waals surface area contributed by atoms with Gasteiger partial charge in [0.05, 0.1) is 17.4 Å². The molecule has 1 atom stereocenters. The molecule has 3 rings (SSSR count). The van der Waals surface area contributed by atoms with Crippen LogP contribution in [-0.2, 0) is 14.4 Å². The van der Waals surface area contributed by atoms with Gasteiger partial charge in [-0.2, -0.15) is 0 Å². The molecule has 140 valence electrons. The van der Waals surface area contributed by atoms with E-state index in [1.165, 1.54) is 0 Å². The number of benzene rings is 1. The monoisotopic (exact) mass is 358 g/mol. The van der Waals surface area contributed by atoms with E-state index in [2.05, 4.69) is 10.2 Å². The fourth-order valence-corrected chi connectivity index (χ4v) is 3.61. The van der Waals surface area contributed by atoms with Crippen LogP contribution in [0.4, 0.5) is 11.4 Å². The topological polar surface area (TPSA) is 73.0 Å². The van der Waals surface area contributed by atoms with Gasteiger partial charge >= 0.3 is 0 Å². The van der Waals surface area contributed by atoms with Gasteiger partial charge in [-0.05, 0) is 32.9 Å². The predicted molar refractivity (Wildman–Crippen MR) is 99.9 cm³/mol. The summed E-state index contributed by atoms with van der Waals surface area (Å²) in [5, 5.41) is 2.88. The van der Waals surface area contributed by atoms with Gasteiger partial charge in [-0.25, -0.2) is 0 Å². The minimum Gasteiger partial charge on any atom is -0.340 e. The van der Waals surface area contributed by atoms with E-state index in [-0.39, 0.29) is 23.8 Å². The Balaban J connectivity index is 1.84. The number of rotatable bonds is 2. The van der Waals surface area contributed by atoms with Crippen LogP contribution in [0.25, 0.3) is 0 Å². The van der Waals surface area contributed by atoms with Crippen molar-refractivity contribution in [3.05, 3.63) is 24.3 Å². The summed E-state index contributed by atoms with van der Waals surface area (Å²) in [6.07, 6.45) is 0. The molecular formula is C19H26N4O3. The summed E-state index contributed by atoms with van der Waals surface area (Å²) in [5.41, 5.74) is 0.399. The van der Waals surface area contributed by atoms with Gasteiger partial charge in [-0.3, -0.25) is 24.2 Å². The van der Waals surface area contributed by atoms with Crippen molar-refractivity contribution >= 4 is 29.1 Å². The van der Waals surface area contributed by atoms with Gasteiger partial charge in [0.25, 0.3) is 0 Å². The van der Waals surface area contributed by atoms with Crippen LogP contribution in [0.3, 0.4) is 0 Å². The number of hydrogen-bond acceptors (Lipinski definition) is 4. The van der Waals surface area contributed by atoms with E-state index >= 15 is 0 Å². The number of nitrogens with one attached hydrogen (secondary N) is 1. The summed E-state index contributed by atoms with van der Waals surface area (Å²) in [4.78, 5) is 42.9. The average molecular weight is 358 g/mol. The number of anilines is 2. The zero-order valence-electron chi connectivity index (χ0n) is 15.8. The molecule has 2 heterocycles. The summed E-state index contributed by atoms with van der Waals surface area (Å²) in [6, 6.07) is 6.99. The summed E-state index contributed by atoms with van der Waals surface area (Å²) < 4.78 is 0. The molecule has 0 aliphatic carbocycles. The molecule has 3 amide bonds. The maximum Gasteiger partial charge on any atom is 0.250 e. The van der Waals surface area contributed by atoms with Gasteiger partial charge in [0.1, 0.15) is 5.54 Å². The van der Waals surface area contributed by atoms with Crippen LogP contribution in [0.15, 0.2) is 24.3 Å². The first-order valence-electron chi connectivity index (χ1n) is 8.97. The van der Waals surface area contributed by atoms with Gasteiger partial charge in [0.15, 0.2) is 0 Å². The van der Waals surface area contributed by atoms with Crippen LogP contribution in [0.2, 0.25) is 0 Å². The Labute approximate surface area is 153 Å². The fraction of sp³-hybridized carbons (Fsp3) is 0.526. The summed E-state index contributed by atoms with van der Waals surface area (Å²) in [7, 11) is 0. The second-order valence-corrected chi connectivity index (χ2v) is 7.42. The normalized spacial score (nSPS) is 21.0. The summed E-state index contributed by atoms with van der Waals surface area (Å²) >= 11 is 0. The highest BCUT2D eigenvalue weighted by Crippen LogP contribution is 2.37. The first kappa shape index (κ1) is 18.4. The highest BCUT2D eigenvalue weighted by atomic mass is 16.2. The van der Waals surface area contributed by atoms with E-state index < -0.39 is 5.54 Å². The van der Waals surface area contributed by atoms with Gasteiger partial charge in [-0.15, -0.1) is 0 Å². The minimum atomic E-state index is -0.971. The SMILES string of the molecule is CC(=O)N1CCN([C@H](C)C(=O)N2c3ccccc3NC(=O)C2(C)C)CC1. The average Bonchev–Trinajstić information content (AvgIpc) is 2.61. The van der Waals surface area contributed by atoms with Crippen LogP contribution in [-0.4, -0.2) is 65.3 Å². The molecule has 0 aromatic heterocycles. The zero-order valence-corrected chi connectivity index (χ0v) is 15.8. The lowest BCUT2D eigenvalue weighted by atomic mass is 9.95. The second-order valence-electron chi connectivity index (χ2n) is 7.42. The van der Waals surface area contributed by atoms with Crippen LogP contribution < -0.4 is 10.2 Å². The van der Waals surface area contributed by atoms with E-state index in [1.54, 1.807) is 36.6 Å². The highest BCUT2D eigenvalue weighted by molar-refractivity contribution is 6.15. The molecule has 7 heteroatoms. The molecule has 7 nitrogen and oxygen atoms in total. The van der Waals surface area contributed by atoms with Gasteiger partial charge < -0.3 is 10.2 Å². The molecule has 2 aliphatic heterocycles. The molecule has 1 saturated heterocycles. The molecule has 0 bridgehead atoms. The summed E-state index contributed by atoms with van der Waals surface area (Å²) in [5.74, 6) is -0.238. The Hall–Kier alpha value is -2.41. The molecule has 26 heavy (non-hydrogen) atoms. The largest absolute Gasteiger partial charge is 0.340 e. The first-order valence-corrected chi connectivity index (χ1v) is 8.97. The molecular weight excluding hydrogens is 332 g/mol. The third kappa shape index (κ3) is 3.07. The van der Waals surface area contributed by atoms with Crippen molar-refractivity contribution in [1.29, 1.82) is 0 Å². The number of nitrogens with zero attached hydrogens (tertiary/aromatic N) is 3. The van der Waals surface area contributed by atoms with Gasteiger partial charge in [0.2, 0.25) is 17.7 Å². The maximum atomic E-state index is 13.4. The smallest absolute Gasteiger partial charge is 0.250 e. The van der Waals surface area contributed by atoms with E-state index in [0.717, 1.165) is 5.69 Å². The first-order chi connectivity index (χ1) is 12.2. The van der Waals surface area contributed by atoms with Crippen molar-refractivity contribution in [2.75, 3.05) is 36.4 Å². The van der Waals surface area contributed by atoms with E-state index in [0.29, 0.717) is 31.9 Å². The van der Waals surface area contributed by atoms with Crippen molar-refractivity contribution in [1.82, 2.24) is 9.80 Å². The Kier molecular flexibility index (Phi) is 4.75. The molecule has 2 aliphatic rings. The Morgan fingerprint density at radius 2 is 1.73 bits per heavy atom. The highest BCUT2D eigenvalue weighted by Gasteiger charge is 2.45. The van der Waals surface area contributed by atoms with Crippen molar-refractivity contribution in [2.24, 2.45) is 0 Å². The summed E-state index contributed by atoms with van der Waals surface area (Å²) in [6.45, 7) is 9.49. The van der Waals surface area contributed by atoms with Crippen molar-refractivity contribution < 1.29 is 14.4 Å². The molecule has 1 N–H and O–H groups in total. The van der Waals surface area contributed by atoms with Gasteiger partial charge in [0, 0.05) is 33.1 Å². The van der Waals surface area contributed by atoms with Crippen LogP contribution >= 0.6 is 0 Å². The molecule has 1 fully saturated rings. The lowest BCUT2D eigenvalue weighted by Gasteiger charge is -2.45. The van der Waals surface area contributed by atoms with Crippen LogP contribution in [0.5, 0.6) is 0 Å². The number of para-hydroxylation sites is 2. The Morgan fingerprint density at radius 1 is 1.12 bits per heavy atom.